The molecule has 1 amide bonds. The molecule has 0 bridgehead atoms. The highest BCUT2D eigenvalue weighted by Gasteiger charge is 2.45. The van der Waals surface area contributed by atoms with Gasteiger partial charge < -0.3 is 15.4 Å². The average Bonchev–Trinajstić information content (AvgIpc) is 3.48. The van der Waals surface area contributed by atoms with Crippen LogP contribution in [-0.4, -0.2) is 30.7 Å². The minimum absolute atomic E-state index is 0.0372. The van der Waals surface area contributed by atoms with Crippen LogP contribution in [0, 0.1) is 11.3 Å². The summed E-state index contributed by atoms with van der Waals surface area (Å²) < 4.78 is 33.2. The van der Waals surface area contributed by atoms with Crippen molar-refractivity contribution in [3.63, 3.8) is 0 Å². The van der Waals surface area contributed by atoms with Crippen LogP contribution in [-0.2, 0) is 31.6 Å². The smallest absolute Gasteiger partial charge is 0.272 e. The Hall–Kier alpha value is -3.13. The van der Waals surface area contributed by atoms with Gasteiger partial charge in [-0.15, -0.1) is 0 Å². The molecular weight excluding hydrogens is 454 g/mol. The molecular formula is C27H30F2N2O4. The number of amides is 1. The molecule has 2 aromatic carbocycles. The van der Waals surface area contributed by atoms with Crippen molar-refractivity contribution < 1.29 is 27.9 Å². The van der Waals surface area contributed by atoms with Crippen molar-refractivity contribution in [3.05, 3.63) is 59.7 Å². The number of halogens is 2. The van der Waals surface area contributed by atoms with Crippen molar-refractivity contribution >= 4 is 28.8 Å². The van der Waals surface area contributed by atoms with Crippen molar-refractivity contribution in [2.45, 2.75) is 51.5 Å². The Bertz CT molecular complexity index is 1090. The minimum Gasteiger partial charge on any atom is -0.380 e. The fourth-order valence-electron chi connectivity index (χ4n) is 4.78. The van der Waals surface area contributed by atoms with Gasteiger partial charge in [0.2, 0.25) is 5.91 Å². The molecule has 1 heterocycles. The topological polar surface area (TPSA) is 84.5 Å². The van der Waals surface area contributed by atoms with Gasteiger partial charge in [-0.1, -0.05) is 30.3 Å². The summed E-state index contributed by atoms with van der Waals surface area (Å²) >= 11 is 0. The SMILES string of the molecule is CC(F)(F)c1ccccc1Nc1ccc(CNC(=O)[C@]2(CC(=O)C3CCC(=O)C3)CCOC2)cc1. The van der Waals surface area contributed by atoms with E-state index in [2.05, 4.69) is 10.6 Å². The molecule has 186 valence electrons. The summed E-state index contributed by atoms with van der Waals surface area (Å²) in [5.41, 5.74) is 0.822. The lowest BCUT2D eigenvalue weighted by Crippen LogP contribution is -2.43. The number of para-hydroxylation sites is 1. The number of ketones is 2. The highest BCUT2D eigenvalue weighted by atomic mass is 19.3. The summed E-state index contributed by atoms with van der Waals surface area (Å²) in [6, 6.07) is 13.4. The van der Waals surface area contributed by atoms with Crippen LogP contribution in [0.5, 0.6) is 0 Å². The fourth-order valence-corrected chi connectivity index (χ4v) is 4.78. The molecule has 0 spiro atoms. The first-order chi connectivity index (χ1) is 16.7. The number of Topliss-reactive ketones (excluding diaryl/α,β-unsaturated/α-hetero) is 2. The van der Waals surface area contributed by atoms with E-state index in [1.807, 2.05) is 12.1 Å². The van der Waals surface area contributed by atoms with E-state index in [0.717, 1.165) is 12.5 Å². The van der Waals surface area contributed by atoms with Gasteiger partial charge in [-0.05, 0) is 36.6 Å². The summed E-state index contributed by atoms with van der Waals surface area (Å²) in [5.74, 6) is -3.42. The van der Waals surface area contributed by atoms with Gasteiger partial charge in [0.15, 0.2) is 0 Å². The van der Waals surface area contributed by atoms with Gasteiger partial charge in [0, 0.05) is 62.2 Å². The van der Waals surface area contributed by atoms with Crippen molar-refractivity contribution in [1.82, 2.24) is 5.32 Å². The number of alkyl halides is 2. The number of carbonyl (C=O) groups is 3. The molecule has 2 aliphatic rings. The third kappa shape index (κ3) is 5.93. The molecule has 0 radical (unpaired) electrons. The summed E-state index contributed by atoms with van der Waals surface area (Å²) in [4.78, 5) is 37.4. The van der Waals surface area contributed by atoms with Gasteiger partial charge >= 0.3 is 0 Å². The van der Waals surface area contributed by atoms with Crippen LogP contribution in [0.1, 0.15) is 50.2 Å². The van der Waals surface area contributed by atoms with E-state index >= 15 is 0 Å². The molecule has 1 saturated carbocycles. The van der Waals surface area contributed by atoms with Crippen LogP contribution in [0.25, 0.3) is 0 Å². The van der Waals surface area contributed by atoms with E-state index in [0.29, 0.717) is 37.2 Å². The van der Waals surface area contributed by atoms with Gasteiger partial charge in [0.05, 0.1) is 12.0 Å². The summed E-state index contributed by atoms with van der Waals surface area (Å²) in [5, 5.41) is 5.95. The first kappa shape index (κ1) is 25.0. The zero-order chi connectivity index (χ0) is 25.1. The molecule has 1 saturated heterocycles. The molecule has 4 rings (SSSR count). The zero-order valence-electron chi connectivity index (χ0n) is 19.7. The summed E-state index contributed by atoms with van der Waals surface area (Å²) in [6.45, 7) is 1.74. The number of benzene rings is 2. The van der Waals surface area contributed by atoms with Crippen LogP contribution < -0.4 is 10.6 Å². The molecule has 35 heavy (non-hydrogen) atoms. The van der Waals surface area contributed by atoms with Crippen LogP contribution in [0.2, 0.25) is 0 Å². The second kappa shape index (κ2) is 10.2. The Morgan fingerprint density at radius 1 is 1.14 bits per heavy atom. The van der Waals surface area contributed by atoms with Gasteiger partial charge in [0.1, 0.15) is 11.6 Å². The van der Waals surface area contributed by atoms with Gasteiger partial charge in [-0.2, -0.15) is 0 Å². The Balaban J connectivity index is 1.36. The van der Waals surface area contributed by atoms with E-state index in [1.54, 1.807) is 30.3 Å². The van der Waals surface area contributed by atoms with E-state index in [9.17, 15) is 23.2 Å². The number of ether oxygens (including phenoxy) is 1. The number of carbonyl (C=O) groups excluding carboxylic acids is 3. The number of rotatable bonds is 9. The Morgan fingerprint density at radius 2 is 1.89 bits per heavy atom. The highest BCUT2D eigenvalue weighted by Crippen LogP contribution is 2.37. The third-order valence-corrected chi connectivity index (χ3v) is 6.88. The second-order valence-corrected chi connectivity index (χ2v) is 9.64. The first-order valence-electron chi connectivity index (χ1n) is 11.9. The molecule has 2 aromatic rings. The molecule has 2 N–H and O–H groups in total. The zero-order valence-corrected chi connectivity index (χ0v) is 19.7. The summed E-state index contributed by atoms with van der Waals surface area (Å²) in [6.07, 6.45) is 1.83. The number of anilines is 2. The van der Waals surface area contributed by atoms with E-state index in [1.165, 1.54) is 6.07 Å². The molecule has 1 unspecified atom stereocenters. The van der Waals surface area contributed by atoms with Crippen LogP contribution in [0.3, 0.4) is 0 Å². The molecule has 6 nitrogen and oxygen atoms in total. The Kier molecular flexibility index (Phi) is 7.31. The van der Waals surface area contributed by atoms with Gasteiger partial charge in [-0.3, -0.25) is 14.4 Å². The first-order valence-corrected chi connectivity index (χ1v) is 11.9. The van der Waals surface area contributed by atoms with Crippen molar-refractivity contribution in [2.24, 2.45) is 11.3 Å². The quantitative estimate of drug-likeness (QED) is 0.529. The van der Waals surface area contributed by atoms with Crippen LogP contribution >= 0.6 is 0 Å². The van der Waals surface area contributed by atoms with E-state index in [4.69, 9.17) is 4.74 Å². The minimum atomic E-state index is -2.97. The summed E-state index contributed by atoms with van der Waals surface area (Å²) in [7, 11) is 0. The van der Waals surface area contributed by atoms with E-state index in [-0.39, 0.29) is 54.9 Å². The lowest BCUT2D eigenvalue weighted by molar-refractivity contribution is -0.137. The van der Waals surface area contributed by atoms with E-state index < -0.39 is 11.3 Å². The van der Waals surface area contributed by atoms with Crippen molar-refractivity contribution in [1.29, 1.82) is 0 Å². The lowest BCUT2D eigenvalue weighted by Gasteiger charge is -2.26. The number of hydrogen-bond acceptors (Lipinski definition) is 5. The average molecular weight is 485 g/mol. The maximum absolute atomic E-state index is 13.9. The highest BCUT2D eigenvalue weighted by molar-refractivity contribution is 5.95. The maximum atomic E-state index is 13.9. The number of nitrogens with one attached hydrogen (secondary N) is 2. The lowest BCUT2D eigenvalue weighted by atomic mass is 9.78. The predicted molar refractivity (Wildman–Crippen MR) is 127 cm³/mol. The largest absolute Gasteiger partial charge is 0.380 e. The molecule has 1 aliphatic heterocycles. The van der Waals surface area contributed by atoms with Gasteiger partial charge in [0.25, 0.3) is 5.92 Å². The molecule has 2 atom stereocenters. The van der Waals surface area contributed by atoms with Crippen molar-refractivity contribution in [2.75, 3.05) is 18.5 Å². The van der Waals surface area contributed by atoms with Crippen LogP contribution in [0.15, 0.2) is 48.5 Å². The Labute approximate surface area is 203 Å². The predicted octanol–water partition coefficient (Wildman–Crippen LogP) is 4.89. The van der Waals surface area contributed by atoms with Crippen LogP contribution in [0.4, 0.5) is 20.2 Å². The van der Waals surface area contributed by atoms with Gasteiger partial charge in [-0.25, -0.2) is 8.78 Å². The molecule has 0 aromatic heterocycles. The Morgan fingerprint density at radius 3 is 2.51 bits per heavy atom. The molecule has 2 fully saturated rings. The normalized spacial score (nSPS) is 22.3. The monoisotopic (exact) mass is 484 g/mol. The third-order valence-electron chi connectivity index (χ3n) is 6.88. The van der Waals surface area contributed by atoms with Crippen molar-refractivity contribution in [3.8, 4) is 0 Å². The number of hydrogen-bond donors (Lipinski definition) is 2. The molecule has 1 aliphatic carbocycles. The maximum Gasteiger partial charge on any atom is 0.272 e. The second-order valence-electron chi connectivity index (χ2n) is 9.64. The standard InChI is InChI=1S/C27H30F2N2O4/c1-26(28,29)22-4-2-3-5-23(22)31-20-9-6-18(7-10-20)16-30-25(34)27(12-13-35-17-27)15-24(33)19-8-11-21(32)14-19/h2-7,9-10,19,31H,8,11-17H2,1H3,(H,30,34)/t19?,27-/m0/s1. The fraction of sp³-hybridized carbons (Fsp3) is 0.444. The molecule has 8 heteroatoms.